The molecule has 2 N–H and O–H groups in total. The zero-order chi connectivity index (χ0) is 18.2. The molecule has 26 heavy (non-hydrogen) atoms. The lowest BCUT2D eigenvalue weighted by Crippen LogP contribution is -2.25. The largest absolute Gasteiger partial charge is 0.380 e. The van der Waals surface area contributed by atoms with E-state index in [-0.39, 0.29) is 5.91 Å². The highest BCUT2D eigenvalue weighted by Gasteiger charge is 2.08. The second-order valence-electron chi connectivity index (χ2n) is 6.89. The first-order valence-electron chi connectivity index (χ1n) is 9.42. The zero-order valence-corrected chi connectivity index (χ0v) is 15.4. The lowest BCUT2D eigenvalue weighted by Gasteiger charge is -2.13. The molecule has 0 atom stereocenters. The molecule has 0 unspecified atom stereocenters. The highest BCUT2D eigenvalue weighted by atomic mass is 16.1. The quantitative estimate of drug-likeness (QED) is 0.717. The predicted octanol–water partition coefficient (Wildman–Crippen LogP) is 4.62. The number of rotatable bonds is 7. The van der Waals surface area contributed by atoms with Crippen LogP contribution >= 0.6 is 0 Å². The van der Waals surface area contributed by atoms with Gasteiger partial charge in [0, 0.05) is 13.1 Å². The Balaban J connectivity index is 1.44. The second-order valence-corrected chi connectivity index (χ2v) is 6.89. The van der Waals surface area contributed by atoms with Crippen LogP contribution in [0.5, 0.6) is 0 Å². The lowest BCUT2D eigenvalue weighted by atomic mass is 9.97. The molecule has 0 saturated carbocycles. The number of hydrogen-bond donors (Lipinski definition) is 2. The first-order chi connectivity index (χ1) is 12.7. The summed E-state index contributed by atoms with van der Waals surface area (Å²) in [6.07, 6.45) is 9.91. The van der Waals surface area contributed by atoms with Gasteiger partial charge in [0.1, 0.15) is 5.69 Å². The third-order valence-corrected chi connectivity index (χ3v) is 4.73. The standard InChI is InChI=1S/C22H27N3O/c1-17-7-9-19(10-8-17)15-24-20-11-12-21(25-16-20)22(26)23-14-13-18-5-3-2-4-6-18/h5,7-12,16,24H,2-4,6,13-15H2,1H3,(H,23,26). The van der Waals surface area contributed by atoms with Gasteiger partial charge in [0.2, 0.25) is 0 Å². The summed E-state index contributed by atoms with van der Waals surface area (Å²) < 4.78 is 0. The fourth-order valence-electron chi connectivity index (χ4n) is 3.10. The average Bonchev–Trinajstić information content (AvgIpc) is 2.69. The normalized spacial score (nSPS) is 13.8. The summed E-state index contributed by atoms with van der Waals surface area (Å²) in [7, 11) is 0. The highest BCUT2D eigenvalue weighted by Crippen LogP contribution is 2.19. The van der Waals surface area contributed by atoms with E-state index in [0.29, 0.717) is 12.2 Å². The topological polar surface area (TPSA) is 54.0 Å². The molecule has 136 valence electrons. The molecule has 1 amide bonds. The van der Waals surface area contributed by atoms with Crippen LogP contribution in [-0.2, 0) is 6.54 Å². The van der Waals surface area contributed by atoms with Crippen molar-refractivity contribution < 1.29 is 4.79 Å². The Morgan fingerprint density at radius 1 is 1.12 bits per heavy atom. The van der Waals surface area contributed by atoms with Crippen LogP contribution in [0.2, 0.25) is 0 Å². The fourth-order valence-corrected chi connectivity index (χ4v) is 3.10. The van der Waals surface area contributed by atoms with Crippen LogP contribution in [0.1, 0.15) is 53.7 Å². The van der Waals surface area contributed by atoms with Crippen molar-refractivity contribution in [1.29, 1.82) is 0 Å². The van der Waals surface area contributed by atoms with Crippen LogP contribution in [0.3, 0.4) is 0 Å². The monoisotopic (exact) mass is 349 g/mol. The molecule has 3 rings (SSSR count). The van der Waals surface area contributed by atoms with Gasteiger partial charge < -0.3 is 10.6 Å². The third kappa shape index (κ3) is 5.45. The Hall–Kier alpha value is -2.62. The van der Waals surface area contributed by atoms with Crippen molar-refractivity contribution in [3.63, 3.8) is 0 Å². The van der Waals surface area contributed by atoms with Gasteiger partial charge >= 0.3 is 0 Å². The van der Waals surface area contributed by atoms with Gasteiger partial charge in [-0.2, -0.15) is 0 Å². The molecule has 0 radical (unpaired) electrons. The summed E-state index contributed by atoms with van der Waals surface area (Å²) in [6.45, 7) is 3.50. The maximum Gasteiger partial charge on any atom is 0.269 e. The summed E-state index contributed by atoms with van der Waals surface area (Å²) >= 11 is 0. The van der Waals surface area contributed by atoms with E-state index in [0.717, 1.165) is 18.7 Å². The summed E-state index contributed by atoms with van der Waals surface area (Å²) in [5.41, 5.74) is 5.32. The molecular formula is C22H27N3O. The SMILES string of the molecule is Cc1ccc(CNc2ccc(C(=O)NCCC3=CCCCC3)nc2)cc1. The van der Waals surface area contributed by atoms with Crippen LogP contribution in [0.4, 0.5) is 5.69 Å². The number of pyridine rings is 1. The number of nitrogens with zero attached hydrogens (tertiary/aromatic N) is 1. The van der Waals surface area contributed by atoms with Crippen molar-refractivity contribution in [2.45, 2.75) is 45.6 Å². The molecule has 1 heterocycles. The first kappa shape index (κ1) is 18.2. The van der Waals surface area contributed by atoms with E-state index in [1.54, 1.807) is 12.3 Å². The van der Waals surface area contributed by atoms with Gasteiger partial charge in [-0.3, -0.25) is 4.79 Å². The van der Waals surface area contributed by atoms with Crippen LogP contribution < -0.4 is 10.6 Å². The highest BCUT2D eigenvalue weighted by molar-refractivity contribution is 5.92. The van der Waals surface area contributed by atoms with E-state index in [1.165, 1.54) is 42.4 Å². The first-order valence-corrected chi connectivity index (χ1v) is 9.42. The summed E-state index contributed by atoms with van der Waals surface area (Å²) in [5.74, 6) is -0.105. The van der Waals surface area contributed by atoms with E-state index < -0.39 is 0 Å². The minimum Gasteiger partial charge on any atom is -0.380 e. The second kappa shape index (κ2) is 9.18. The smallest absolute Gasteiger partial charge is 0.269 e. The van der Waals surface area contributed by atoms with Crippen molar-refractivity contribution in [1.82, 2.24) is 10.3 Å². The number of benzene rings is 1. The predicted molar refractivity (Wildman–Crippen MR) is 106 cm³/mol. The number of carbonyl (C=O) groups is 1. The van der Waals surface area contributed by atoms with Crippen LogP contribution in [0, 0.1) is 6.92 Å². The Morgan fingerprint density at radius 3 is 2.65 bits per heavy atom. The molecule has 1 aliphatic carbocycles. The fraction of sp³-hybridized carbons (Fsp3) is 0.364. The summed E-state index contributed by atoms with van der Waals surface area (Å²) in [4.78, 5) is 16.5. The molecule has 1 aromatic heterocycles. The minimum absolute atomic E-state index is 0.105. The number of anilines is 1. The molecule has 0 saturated heterocycles. The van der Waals surface area contributed by atoms with E-state index in [4.69, 9.17) is 0 Å². The molecule has 0 fully saturated rings. The van der Waals surface area contributed by atoms with Crippen molar-refractivity contribution in [2.75, 3.05) is 11.9 Å². The maximum absolute atomic E-state index is 12.2. The minimum atomic E-state index is -0.105. The lowest BCUT2D eigenvalue weighted by molar-refractivity contribution is 0.0949. The van der Waals surface area contributed by atoms with Crippen molar-refractivity contribution in [3.05, 3.63) is 71.1 Å². The van der Waals surface area contributed by atoms with Gasteiger partial charge in [-0.05, 0) is 56.7 Å². The van der Waals surface area contributed by atoms with E-state index in [1.807, 2.05) is 6.07 Å². The Kier molecular flexibility index (Phi) is 6.42. The molecule has 0 aliphatic heterocycles. The van der Waals surface area contributed by atoms with E-state index in [9.17, 15) is 4.79 Å². The summed E-state index contributed by atoms with van der Waals surface area (Å²) in [5, 5.41) is 6.30. The number of carbonyl (C=O) groups excluding carboxylic acids is 1. The third-order valence-electron chi connectivity index (χ3n) is 4.73. The van der Waals surface area contributed by atoms with Gasteiger partial charge in [0.05, 0.1) is 11.9 Å². The van der Waals surface area contributed by atoms with Gasteiger partial charge in [-0.25, -0.2) is 4.98 Å². The maximum atomic E-state index is 12.2. The van der Waals surface area contributed by atoms with Crippen molar-refractivity contribution >= 4 is 11.6 Å². The zero-order valence-electron chi connectivity index (χ0n) is 15.4. The molecule has 4 heteroatoms. The van der Waals surface area contributed by atoms with E-state index >= 15 is 0 Å². The Bertz CT molecular complexity index is 748. The van der Waals surface area contributed by atoms with Crippen molar-refractivity contribution in [3.8, 4) is 0 Å². The number of nitrogens with one attached hydrogen (secondary N) is 2. The number of aromatic nitrogens is 1. The average molecular weight is 349 g/mol. The van der Waals surface area contributed by atoms with Crippen molar-refractivity contribution in [2.24, 2.45) is 0 Å². The molecule has 2 aromatic rings. The molecule has 4 nitrogen and oxygen atoms in total. The number of allylic oxidation sites excluding steroid dienone is 1. The van der Waals surface area contributed by atoms with Gasteiger partial charge in [0.25, 0.3) is 5.91 Å². The van der Waals surface area contributed by atoms with E-state index in [2.05, 4.69) is 52.9 Å². The molecular weight excluding hydrogens is 322 g/mol. The summed E-state index contributed by atoms with van der Waals surface area (Å²) in [6, 6.07) is 12.1. The number of hydrogen-bond acceptors (Lipinski definition) is 3. The number of amides is 1. The van der Waals surface area contributed by atoms with Crippen LogP contribution in [-0.4, -0.2) is 17.4 Å². The number of aryl methyl sites for hydroxylation is 1. The Labute approximate surface area is 155 Å². The van der Waals surface area contributed by atoms with Gasteiger partial charge in [0.15, 0.2) is 0 Å². The van der Waals surface area contributed by atoms with Crippen LogP contribution in [0.25, 0.3) is 0 Å². The molecule has 1 aliphatic rings. The van der Waals surface area contributed by atoms with Crippen LogP contribution in [0.15, 0.2) is 54.2 Å². The molecule has 0 bridgehead atoms. The van der Waals surface area contributed by atoms with Gasteiger partial charge in [-0.1, -0.05) is 41.5 Å². The molecule has 1 aromatic carbocycles. The Morgan fingerprint density at radius 2 is 1.96 bits per heavy atom. The molecule has 0 spiro atoms. The van der Waals surface area contributed by atoms with Gasteiger partial charge in [-0.15, -0.1) is 0 Å².